The number of methoxy groups -OCH3 is 1. The number of carbonyl (C=O) groups is 2. The molecule has 0 bridgehead atoms. The lowest BCUT2D eigenvalue weighted by Crippen LogP contribution is -2.45. The summed E-state index contributed by atoms with van der Waals surface area (Å²) >= 11 is 0. The maximum absolute atomic E-state index is 11.9. The number of para-hydroxylation sites is 1. The predicted molar refractivity (Wildman–Crippen MR) is 72.2 cm³/mol. The summed E-state index contributed by atoms with van der Waals surface area (Å²) < 4.78 is 4.69. The summed E-state index contributed by atoms with van der Waals surface area (Å²) in [5.41, 5.74) is 0.469. The number of carbonyl (C=O) groups excluding carboxylic acids is 2. The summed E-state index contributed by atoms with van der Waals surface area (Å²) in [4.78, 5) is 34.1. The number of nitro groups is 1. The molecule has 2 amide bonds. The van der Waals surface area contributed by atoms with E-state index in [1.54, 1.807) is 6.07 Å². The summed E-state index contributed by atoms with van der Waals surface area (Å²) in [6.45, 7) is 1.53. The van der Waals surface area contributed by atoms with Crippen molar-refractivity contribution < 1.29 is 19.2 Å². The zero-order valence-electron chi connectivity index (χ0n) is 11.4. The van der Waals surface area contributed by atoms with Crippen LogP contribution in [-0.4, -0.2) is 24.0 Å². The van der Waals surface area contributed by atoms with Gasteiger partial charge in [0, 0.05) is 11.8 Å². The van der Waals surface area contributed by atoms with Crippen molar-refractivity contribution in [2.45, 2.75) is 13.0 Å². The fraction of sp³-hybridized carbons (Fsp3) is 0.231. The number of rotatable bonds is 3. The van der Waals surface area contributed by atoms with E-state index in [4.69, 9.17) is 0 Å². The molecular formula is C13H13N3O5. The first kappa shape index (κ1) is 14.5. The number of nitrogens with one attached hydrogen (secondary N) is 2. The van der Waals surface area contributed by atoms with Gasteiger partial charge in [0.1, 0.15) is 0 Å². The highest BCUT2D eigenvalue weighted by Gasteiger charge is 2.35. The second kappa shape index (κ2) is 5.61. The lowest BCUT2D eigenvalue weighted by Gasteiger charge is -2.27. The molecule has 1 aliphatic heterocycles. The van der Waals surface area contributed by atoms with E-state index < -0.39 is 23.0 Å². The monoisotopic (exact) mass is 291 g/mol. The number of benzene rings is 1. The molecule has 1 heterocycles. The molecule has 2 N–H and O–H groups in total. The number of nitrogens with zero attached hydrogens (tertiary/aromatic N) is 1. The number of esters is 1. The van der Waals surface area contributed by atoms with Gasteiger partial charge >= 0.3 is 12.0 Å². The Morgan fingerprint density at radius 1 is 1.38 bits per heavy atom. The Labute approximate surface area is 119 Å². The second-order valence-electron chi connectivity index (χ2n) is 4.38. The van der Waals surface area contributed by atoms with Crippen LogP contribution in [0.2, 0.25) is 0 Å². The number of amides is 2. The van der Waals surface area contributed by atoms with E-state index in [0.29, 0.717) is 5.70 Å². The Hall–Kier alpha value is -2.90. The molecule has 1 aromatic rings. The Bertz CT molecular complexity index is 653. The van der Waals surface area contributed by atoms with Crippen molar-refractivity contribution in [2.24, 2.45) is 0 Å². The van der Waals surface area contributed by atoms with Crippen LogP contribution in [0.25, 0.3) is 0 Å². The summed E-state index contributed by atoms with van der Waals surface area (Å²) in [5, 5.41) is 16.1. The minimum atomic E-state index is -0.937. The molecule has 1 aromatic carbocycles. The molecular weight excluding hydrogens is 278 g/mol. The van der Waals surface area contributed by atoms with Gasteiger partial charge in [-0.1, -0.05) is 12.1 Å². The Morgan fingerprint density at radius 2 is 2.05 bits per heavy atom. The molecule has 21 heavy (non-hydrogen) atoms. The Morgan fingerprint density at radius 3 is 2.67 bits per heavy atom. The van der Waals surface area contributed by atoms with E-state index in [1.165, 1.54) is 32.2 Å². The van der Waals surface area contributed by atoms with Crippen molar-refractivity contribution in [3.63, 3.8) is 0 Å². The second-order valence-corrected chi connectivity index (χ2v) is 4.38. The third-order valence-corrected chi connectivity index (χ3v) is 3.12. The minimum absolute atomic E-state index is 0.131. The zero-order chi connectivity index (χ0) is 15.6. The summed E-state index contributed by atoms with van der Waals surface area (Å²) in [7, 11) is 1.20. The van der Waals surface area contributed by atoms with Crippen molar-refractivity contribution in [1.82, 2.24) is 10.6 Å². The molecule has 8 nitrogen and oxygen atoms in total. The topological polar surface area (TPSA) is 111 Å². The van der Waals surface area contributed by atoms with Crippen molar-refractivity contribution in [2.75, 3.05) is 7.11 Å². The molecule has 0 saturated heterocycles. The van der Waals surface area contributed by atoms with E-state index in [-0.39, 0.29) is 16.8 Å². The lowest BCUT2D eigenvalue weighted by atomic mass is 9.94. The highest BCUT2D eigenvalue weighted by molar-refractivity contribution is 5.95. The maximum Gasteiger partial charge on any atom is 0.337 e. The van der Waals surface area contributed by atoms with Crippen LogP contribution in [-0.2, 0) is 9.53 Å². The molecule has 0 radical (unpaired) electrons. The highest BCUT2D eigenvalue weighted by atomic mass is 16.6. The maximum atomic E-state index is 11.9. The summed E-state index contributed by atoms with van der Waals surface area (Å²) in [6, 6.07) is 4.44. The molecule has 1 aliphatic rings. The minimum Gasteiger partial charge on any atom is -0.466 e. The van der Waals surface area contributed by atoms with Crippen LogP contribution >= 0.6 is 0 Å². The van der Waals surface area contributed by atoms with Gasteiger partial charge in [-0.05, 0) is 13.0 Å². The summed E-state index contributed by atoms with van der Waals surface area (Å²) in [5.74, 6) is -0.664. The van der Waals surface area contributed by atoms with Crippen LogP contribution in [0.4, 0.5) is 10.5 Å². The Kier molecular flexibility index (Phi) is 3.88. The molecule has 0 spiro atoms. The fourth-order valence-corrected chi connectivity index (χ4v) is 2.21. The van der Waals surface area contributed by atoms with Gasteiger partial charge in [-0.25, -0.2) is 9.59 Å². The zero-order valence-corrected chi connectivity index (χ0v) is 11.4. The van der Waals surface area contributed by atoms with Gasteiger partial charge in [0.25, 0.3) is 5.69 Å². The third-order valence-electron chi connectivity index (χ3n) is 3.12. The van der Waals surface area contributed by atoms with Crippen molar-refractivity contribution in [1.29, 1.82) is 0 Å². The van der Waals surface area contributed by atoms with E-state index in [0.717, 1.165) is 0 Å². The molecule has 110 valence electrons. The van der Waals surface area contributed by atoms with Gasteiger partial charge in [-0.15, -0.1) is 0 Å². The number of nitro benzene ring substituents is 1. The van der Waals surface area contributed by atoms with Gasteiger partial charge in [-0.3, -0.25) is 10.1 Å². The average Bonchev–Trinajstić information content (AvgIpc) is 2.45. The molecule has 0 aliphatic carbocycles. The van der Waals surface area contributed by atoms with Crippen LogP contribution in [0.5, 0.6) is 0 Å². The van der Waals surface area contributed by atoms with Gasteiger partial charge in [0.2, 0.25) is 0 Å². The molecule has 2 rings (SSSR count). The van der Waals surface area contributed by atoms with E-state index in [1.807, 2.05) is 0 Å². The van der Waals surface area contributed by atoms with Crippen molar-refractivity contribution in [3.05, 3.63) is 51.2 Å². The van der Waals surface area contributed by atoms with Crippen LogP contribution in [0.15, 0.2) is 35.5 Å². The number of hydrogen-bond acceptors (Lipinski definition) is 5. The van der Waals surface area contributed by atoms with Crippen molar-refractivity contribution in [3.8, 4) is 0 Å². The first-order chi connectivity index (χ1) is 9.95. The molecule has 8 heteroatoms. The lowest BCUT2D eigenvalue weighted by molar-refractivity contribution is -0.385. The van der Waals surface area contributed by atoms with E-state index >= 15 is 0 Å². The van der Waals surface area contributed by atoms with Gasteiger partial charge in [0.15, 0.2) is 0 Å². The smallest absolute Gasteiger partial charge is 0.337 e. The molecule has 0 saturated carbocycles. The fourth-order valence-electron chi connectivity index (χ4n) is 2.21. The van der Waals surface area contributed by atoms with Gasteiger partial charge in [-0.2, -0.15) is 0 Å². The number of ether oxygens (including phenoxy) is 1. The third kappa shape index (κ3) is 2.69. The van der Waals surface area contributed by atoms with E-state index in [9.17, 15) is 19.7 Å². The van der Waals surface area contributed by atoms with Gasteiger partial charge < -0.3 is 15.4 Å². The molecule has 0 fully saturated rings. The first-order valence-electron chi connectivity index (χ1n) is 6.05. The SMILES string of the molecule is COC(=O)C1=C(C)NC(=O)N[C@@H]1c1ccccc1[N+](=O)[O-]. The number of allylic oxidation sites excluding steroid dienone is 1. The van der Waals surface area contributed by atoms with Crippen LogP contribution in [0.1, 0.15) is 18.5 Å². The van der Waals surface area contributed by atoms with Crippen molar-refractivity contribution >= 4 is 17.7 Å². The highest BCUT2D eigenvalue weighted by Crippen LogP contribution is 2.32. The standard InChI is InChI=1S/C13H13N3O5/c1-7-10(12(17)21-2)11(15-13(18)14-7)8-5-3-4-6-9(8)16(19)20/h3-6,11H,1-2H3,(H2,14,15,18)/t11-/m1/s1. The van der Waals surface area contributed by atoms with Crippen LogP contribution in [0.3, 0.4) is 0 Å². The molecule has 0 aromatic heterocycles. The van der Waals surface area contributed by atoms with E-state index in [2.05, 4.69) is 15.4 Å². The normalized spacial score (nSPS) is 17.8. The quantitative estimate of drug-likeness (QED) is 0.496. The van der Waals surface area contributed by atoms with Gasteiger partial charge in [0.05, 0.1) is 29.2 Å². The molecule has 0 unspecified atom stereocenters. The average molecular weight is 291 g/mol. The molecule has 1 atom stereocenters. The largest absolute Gasteiger partial charge is 0.466 e. The summed E-state index contributed by atoms with van der Waals surface area (Å²) in [6.07, 6.45) is 0. The van der Waals surface area contributed by atoms with Crippen LogP contribution < -0.4 is 10.6 Å². The number of hydrogen-bond donors (Lipinski definition) is 2. The van der Waals surface area contributed by atoms with Crippen LogP contribution in [0, 0.1) is 10.1 Å². The predicted octanol–water partition coefficient (Wildman–Crippen LogP) is 1.40. The first-order valence-corrected chi connectivity index (χ1v) is 6.05. The number of urea groups is 1. The Balaban J connectivity index is 2.60.